The fourth-order valence-corrected chi connectivity index (χ4v) is 3.73. The molecule has 0 aliphatic heterocycles. The van der Waals surface area contributed by atoms with Crippen molar-refractivity contribution in [2.75, 3.05) is 6.61 Å². The van der Waals surface area contributed by atoms with Gasteiger partial charge in [0, 0.05) is 16.0 Å². The van der Waals surface area contributed by atoms with Crippen molar-refractivity contribution in [3.63, 3.8) is 0 Å². The first kappa shape index (κ1) is 23.7. The van der Waals surface area contributed by atoms with E-state index in [2.05, 4.69) is 4.98 Å². The van der Waals surface area contributed by atoms with E-state index >= 15 is 0 Å². The molecule has 3 rings (SSSR count). The maximum absolute atomic E-state index is 13.0. The molecule has 0 spiro atoms. The topological polar surface area (TPSA) is 85.7 Å². The number of halogens is 1. The Morgan fingerprint density at radius 3 is 2.34 bits per heavy atom. The minimum Gasteiger partial charge on any atom is -0.477 e. The van der Waals surface area contributed by atoms with Crippen molar-refractivity contribution < 1.29 is 24.2 Å². The van der Waals surface area contributed by atoms with Gasteiger partial charge in [-0.15, -0.1) is 0 Å². The summed E-state index contributed by atoms with van der Waals surface area (Å²) in [6.07, 6.45) is -0.982. The van der Waals surface area contributed by atoms with Crippen molar-refractivity contribution in [1.82, 2.24) is 4.98 Å². The molecule has 1 N–H and O–H groups in total. The molecular weight excluding hydrogens is 430 g/mol. The zero-order valence-corrected chi connectivity index (χ0v) is 19.5. The smallest absolute Gasteiger partial charge is 0.354 e. The zero-order valence-electron chi connectivity index (χ0n) is 18.7. The molecule has 0 aliphatic rings. The molecule has 1 unspecified atom stereocenters. The van der Waals surface area contributed by atoms with Crippen molar-refractivity contribution in [3.05, 3.63) is 64.3 Å². The number of aryl methyl sites for hydroxylation is 1. The minimum absolute atomic E-state index is 0.0559. The number of aromatic nitrogens is 1. The Morgan fingerprint density at radius 2 is 1.78 bits per heavy atom. The second kappa shape index (κ2) is 9.27. The van der Waals surface area contributed by atoms with Crippen LogP contribution < -0.4 is 0 Å². The van der Waals surface area contributed by atoms with E-state index in [1.165, 1.54) is 6.07 Å². The summed E-state index contributed by atoms with van der Waals surface area (Å²) in [5, 5.41) is 10.6. The second-order valence-electron chi connectivity index (χ2n) is 8.42. The number of aromatic carboxylic acids is 1. The van der Waals surface area contributed by atoms with Crippen LogP contribution in [0.15, 0.2) is 42.5 Å². The quantitative estimate of drug-likeness (QED) is 0.460. The average molecular weight is 456 g/mol. The number of carboxylic acids is 1. The van der Waals surface area contributed by atoms with Gasteiger partial charge in [-0.2, -0.15) is 0 Å². The van der Waals surface area contributed by atoms with Gasteiger partial charge in [0.05, 0.1) is 17.7 Å². The van der Waals surface area contributed by atoms with Crippen molar-refractivity contribution in [2.24, 2.45) is 0 Å². The van der Waals surface area contributed by atoms with Crippen LogP contribution in [-0.2, 0) is 14.3 Å². The molecule has 0 bridgehead atoms. The van der Waals surface area contributed by atoms with Gasteiger partial charge in [-0.1, -0.05) is 23.7 Å². The molecule has 0 aliphatic carbocycles. The highest BCUT2D eigenvalue weighted by Crippen LogP contribution is 2.40. The number of carbonyl (C=O) groups is 2. The third-order valence-corrected chi connectivity index (χ3v) is 5.08. The highest BCUT2D eigenvalue weighted by Gasteiger charge is 2.33. The number of rotatable bonds is 6. The molecule has 0 saturated carbocycles. The summed E-state index contributed by atoms with van der Waals surface area (Å²) in [6.45, 7) is 9.43. The van der Waals surface area contributed by atoms with E-state index in [1.54, 1.807) is 31.2 Å². The lowest BCUT2D eigenvalue weighted by molar-refractivity contribution is -0.166. The highest BCUT2D eigenvalue weighted by molar-refractivity contribution is 6.30. The SMILES string of the molecule is CCOC(=O)C(OC(C)(C)C)c1c(C)cc2nc(C(=O)O)ccc2c1-c1ccc(Cl)cc1. The maximum Gasteiger partial charge on any atom is 0.354 e. The third kappa shape index (κ3) is 5.09. The summed E-state index contributed by atoms with van der Waals surface area (Å²) in [7, 11) is 0. The fourth-order valence-electron chi connectivity index (χ4n) is 3.60. The number of benzene rings is 2. The number of hydrogen-bond acceptors (Lipinski definition) is 5. The Hall–Kier alpha value is -2.96. The Labute approximate surface area is 192 Å². The lowest BCUT2D eigenvalue weighted by atomic mass is 9.88. The Balaban J connectivity index is 2.39. The molecule has 3 aromatic rings. The lowest BCUT2D eigenvalue weighted by Crippen LogP contribution is -2.29. The first-order valence-corrected chi connectivity index (χ1v) is 10.7. The molecule has 32 heavy (non-hydrogen) atoms. The number of nitrogens with zero attached hydrogens (tertiary/aromatic N) is 1. The summed E-state index contributed by atoms with van der Waals surface area (Å²) in [5.74, 6) is -1.60. The van der Waals surface area contributed by atoms with Crippen molar-refractivity contribution in [3.8, 4) is 11.1 Å². The second-order valence-corrected chi connectivity index (χ2v) is 8.86. The van der Waals surface area contributed by atoms with Crippen LogP contribution >= 0.6 is 11.6 Å². The van der Waals surface area contributed by atoms with Gasteiger partial charge in [0.15, 0.2) is 6.10 Å². The van der Waals surface area contributed by atoms with Crippen LogP contribution in [0.5, 0.6) is 0 Å². The van der Waals surface area contributed by atoms with Gasteiger partial charge in [0.2, 0.25) is 0 Å². The Kier molecular flexibility index (Phi) is 6.86. The molecule has 0 fully saturated rings. The van der Waals surface area contributed by atoms with Crippen LogP contribution in [0.2, 0.25) is 5.02 Å². The molecule has 0 radical (unpaired) electrons. The van der Waals surface area contributed by atoms with E-state index in [-0.39, 0.29) is 12.3 Å². The molecular formula is C25H26ClNO5. The Bertz CT molecular complexity index is 1170. The first-order valence-electron chi connectivity index (χ1n) is 10.3. The van der Waals surface area contributed by atoms with E-state index in [1.807, 2.05) is 39.8 Å². The Morgan fingerprint density at radius 1 is 1.12 bits per heavy atom. The zero-order chi connectivity index (χ0) is 23.6. The number of hydrogen-bond donors (Lipinski definition) is 1. The van der Waals surface area contributed by atoms with Crippen molar-refractivity contribution >= 4 is 34.4 Å². The van der Waals surface area contributed by atoms with E-state index in [0.29, 0.717) is 21.5 Å². The minimum atomic E-state index is -1.11. The number of carbonyl (C=O) groups excluding carboxylic acids is 1. The summed E-state index contributed by atoms with van der Waals surface area (Å²) < 4.78 is 11.6. The van der Waals surface area contributed by atoms with Crippen LogP contribution in [0, 0.1) is 6.92 Å². The van der Waals surface area contributed by atoms with Crippen LogP contribution in [0.3, 0.4) is 0 Å². The average Bonchev–Trinajstić information content (AvgIpc) is 2.71. The molecule has 7 heteroatoms. The van der Waals surface area contributed by atoms with Crippen LogP contribution in [0.25, 0.3) is 22.0 Å². The molecule has 168 valence electrons. The highest BCUT2D eigenvalue weighted by atomic mass is 35.5. The van der Waals surface area contributed by atoms with Gasteiger partial charge in [-0.3, -0.25) is 0 Å². The first-order chi connectivity index (χ1) is 15.0. The summed E-state index contributed by atoms with van der Waals surface area (Å²) in [4.78, 5) is 28.8. The molecule has 1 aromatic heterocycles. The molecule has 2 aromatic carbocycles. The monoisotopic (exact) mass is 455 g/mol. The predicted octanol–water partition coefficient (Wildman–Crippen LogP) is 5.98. The van der Waals surface area contributed by atoms with Gasteiger partial charge in [-0.05, 0) is 81.6 Å². The van der Waals surface area contributed by atoms with Crippen molar-refractivity contribution in [1.29, 1.82) is 0 Å². The number of carboxylic acid groups (broad SMARTS) is 1. The summed E-state index contributed by atoms with van der Waals surface area (Å²) in [5.41, 5.74) is 2.74. The number of esters is 1. The van der Waals surface area contributed by atoms with E-state index in [4.69, 9.17) is 21.1 Å². The third-order valence-electron chi connectivity index (χ3n) is 4.83. The van der Waals surface area contributed by atoms with E-state index in [9.17, 15) is 14.7 Å². The predicted molar refractivity (Wildman–Crippen MR) is 124 cm³/mol. The van der Waals surface area contributed by atoms with Gasteiger partial charge in [0.25, 0.3) is 0 Å². The molecule has 1 atom stereocenters. The van der Waals surface area contributed by atoms with Crippen molar-refractivity contribution in [2.45, 2.75) is 46.3 Å². The standard InChI is InChI=1S/C25H26ClNO5/c1-6-31-24(30)22(32-25(3,4)5)20-14(2)13-19-17(11-12-18(27-19)23(28)29)21(20)15-7-9-16(26)10-8-15/h7-13,22H,6H2,1-5H3,(H,28,29). The largest absolute Gasteiger partial charge is 0.477 e. The van der Waals surface area contributed by atoms with E-state index in [0.717, 1.165) is 16.7 Å². The molecule has 1 heterocycles. The van der Waals surface area contributed by atoms with Gasteiger partial charge in [-0.25, -0.2) is 14.6 Å². The number of pyridine rings is 1. The molecule has 6 nitrogen and oxygen atoms in total. The lowest BCUT2D eigenvalue weighted by Gasteiger charge is -2.29. The summed E-state index contributed by atoms with van der Waals surface area (Å²) >= 11 is 6.11. The molecule has 0 saturated heterocycles. The maximum atomic E-state index is 13.0. The van der Waals surface area contributed by atoms with Gasteiger partial charge in [0.1, 0.15) is 5.69 Å². The van der Waals surface area contributed by atoms with Crippen LogP contribution in [-0.4, -0.2) is 34.2 Å². The van der Waals surface area contributed by atoms with Crippen LogP contribution in [0.1, 0.15) is 55.4 Å². The molecule has 0 amide bonds. The van der Waals surface area contributed by atoms with Gasteiger partial charge < -0.3 is 14.6 Å². The number of fused-ring (bicyclic) bond motifs is 1. The van der Waals surface area contributed by atoms with Gasteiger partial charge >= 0.3 is 11.9 Å². The number of ether oxygens (including phenoxy) is 2. The van der Waals surface area contributed by atoms with Crippen LogP contribution in [0.4, 0.5) is 0 Å². The van der Waals surface area contributed by atoms with E-state index < -0.39 is 23.6 Å². The summed E-state index contributed by atoms with van der Waals surface area (Å²) in [6, 6.07) is 12.2. The normalized spacial score (nSPS) is 12.6. The fraction of sp³-hybridized carbons (Fsp3) is 0.320.